The van der Waals surface area contributed by atoms with Gasteiger partial charge in [-0.2, -0.15) is 0 Å². The van der Waals surface area contributed by atoms with Crippen LogP contribution in [-0.4, -0.2) is 6.61 Å². The molecule has 0 aromatic carbocycles. The van der Waals surface area contributed by atoms with Crippen LogP contribution in [0.4, 0.5) is 0 Å². The molecule has 0 heterocycles. The Balaban J connectivity index is 0. The fraction of sp³-hybridized carbons (Fsp3) is 0.400. The Morgan fingerprint density at radius 2 is 2.44 bits per heavy atom. The zero-order valence-electron chi connectivity index (χ0n) is 5.55. The van der Waals surface area contributed by atoms with E-state index < -0.39 is 5.95 Å². The second-order valence-corrected chi connectivity index (χ2v) is 1.01. The maximum absolute atomic E-state index is 10.2. The average Bonchev–Trinajstić information content (AvgIpc) is 1.68. The first kappa shape index (κ1) is 12.2. The van der Waals surface area contributed by atoms with E-state index in [-0.39, 0.29) is 51.4 Å². The van der Waals surface area contributed by atoms with E-state index in [9.17, 15) is 5.11 Å². The topological polar surface area (TPSA) is 36.6 Å². The summed E-state index contributed by atoms with van der Waals surface area (Å²) < 4.78 is 4.37. The molecule has 0 bridgehead atoms. The van der Waals surface area contributed by atoms with Gasteiger partial charge in [-0.3, -0.25) is 0 Å². The molecule has 0 fully saturated rings. The first-order valence-corrected chi connectivity index (χ1v) is 2.17. The molecule has 0 aliphatic heterocycles. The smallest absolute Gasteiger partial charge is 0.623 e. The summed E-state index contributed by atoms with van der Waals surface area (Å²) in [5.41, 5.74) is 0. The molecule has 0 aliphatic carbocycles. The van der Waals surface area contributed by atoms with Crippen LogP contribution in [0.5, 0.6) is 0 Å². The largest absolute Gasteiger partial charge is 1.00 e. The third-order valence-corrected chi connectivity index (χ3v) is 0.457. The second-order valence-electron chi connectivity index (χ2n) is 1.01. The Bertz CT molecular complexity index is 127. The molecule has 0 aromatic rings. The van der Waals surface area contributed by atoms with Gasteiger partial charge in [0.25, 0.3) is 0 Å². The monoisotopic (exact) mass is 151 g/mol. The van der Waals surface area contributed by atoms with Crippen LogP contribution >= 0.6 is 0 Å². The number of hydrogen-bond acceptors (Lipinski definition) is 2. The van der Waals surface area contributed by atoms with Gasteiger partial charge in [0.05, 0.1) is 6.57 Å². The fourth-order valence-electron chi connectivity index (χ4n) is 0.232. The molecule has 0 rings (SSSR count). The van der Waals surface area contributed by atoms with Gasteiger partial charge in [0.1, 0.15) is 0 Å². The summed E-state index contributed by atoms with van der Waals surface area (Å²) >= 11 is 0. The number of hydrogen-bond donors (Lipinski definition) is 0. The van der Waals surface area contributed by atoms with Crippen molar-refractivity contribution < 1.29 is 61.2 Å². The van der Waals surface area contributed by atoms with Crippen molar-refractivity contribution in [1.82, 2.24) is 0 Å². The molecule has 4 heteroatoms. The molecule has 0 atom stereocenters. The minimum absolute atomic E-state index is 0. The number of ether oxygens (including phenoxy) is 1. The minimum atomic E-state index is -0.567. The van der Waals surface area contributed by atoms with Gasteiger partial charge in [-0.05, 0) is 6.61 Å². The van der Waals surface area contributed by atoms with Gasteiger partial charge in [-0.25, -0.2) is 4.85 Å². The maximum atomic E-state index is 10.2. The molecule has 0 saturated heterocycles. The van der Waals surface area contributed by atoms with E-state index in [1.807, 2.05) is 0 Å². The molecule has 0 aliphatic rings. The van der Waals surface area contributed by atoms with Crippen LogP contribution in [0, 0.1) is 6.57 Å². The quantitative estimate of drug-likeness (QED) is 0.241. The number of rotatable bonds is 2. The second kappa shape index (κ2) is 8.47. The molecule has 9 heavy (non-hydrogen) atoms. The third-order valence-electron chi connectivity index (χ3n) is 0.457. The van der Waals surface area contributed by atoms with E-state index in [1.54, 1.807) is 6.92 Å². The van der Waals surface area contributed by atoms with Crippen LogP contribution < -0.4 is 56.5 Å². The molecule has 0 spiro atoms. The predicted molar refractivity (Wildman–Crippen MR) is 26.3 cm³/mol. The van der Waals surface area contributed by atoms with Crippen molar-refractivity contribution in [2.45, 2.75) is 6.92 Å². The fourth-order valence-corrected chi connectivity index (χ4v) is 0.232. The Morgan fingerprint density at radius 3 is 2.78 bits per heavy atom. The van der Waals surface area contributed by atoms with Gasteiger partial charge in [0.2, 0.25) is 0 Å². The zero-order chi connectivity index (χ0) is 6.41. The zero-order valence-corrected chi connectivity index (χ0v) is 8.67. The van der Waals surface area contributed by atoms with Crippen molar-refractivity contribution in [3.8, 4) is 0 Å². The van der Waals surface area contributed by atoms with Crippen LogP contribution in [0.3, 0.4) is 0 Å². The molecular formula is C5H6KNO2. The SMILES string of the molecule is [C-]#[N+]/C=C(\[O-])OCC.[K+]. The van der Waals surface area contributed by atoms with Gasteiger partial charge < -0.3 is 9.84 Å². The van der Waals surface area contributed by atoms with E-state index in [4.69, 9.17) is 6.57 Å². The average molecular weight is 151 g/mol. The van der Waals surface area contributed by atoms with E-state index in [0.717, 1.165) is 6.20 Å². The first-order valence-electron chi connectivity index (χ1n) is 2.17. The molecule has 0 amide bonds. The van der Waals surface area contributed by atoms with E-state index >= 15 is 0 Å². The van der Waals surface area contributed by atoms with Crippen LogP contribution in [0.25, 0.3) is 4.85 Å². The van der Waals surface area contributed by atoms with Crippen molar-refractivity contribution in [3.63, 3.8) is 0 Å². The Morgan fingerprint density at radius 1 is 1.89 bits per heavy atom. The van der Waals surface area contributed by atoms with Gasteiger partial charge in [-0.1, -0.05) is 6.92 Å². The molecule has 0 radical (unpaired) electrons. The normalized spacial score (nSPS) is 9.11. The molecule has 0 saturated carbocycles. The molecule has 0 N–H and O–H groups in total. The summed E-state index contributed by atoms with van der Waals surface area (Å²) in [6, 6.07) is 0. The van der Waals surface area contributed by atoms with Gasteiger partial charge in [0.15, 0.2) is 6.20 Å². The van der Waals surface area contributed by atoms with Crippen molar-refractivity contribution in [1.29, 1.82) is 0 Å². The Kier molecular flexibility index (Phi) is 11.5. The van der Waals surface area contributed by atoms with E-state index in [1.165, 1.54) is 0 Å². The van der Waals surface area contributed by atoms with Gasteiger partial charge in [-0.15, -0.1) is 0 Å². The van der Waals surface area contributed by atoms with Crippen LogP contribution in [0.15, 0.2) is 12.1 Å². The van der Waals surface area contributed by atoms with Crippen molar-refractivity contribution in [2.75, 3.05) is 6.61 Å². The van der Waals surface area contributed by atoms with Gasteiger partial charge >= 0.3 is 51.4 Å². The van der Waals surface area contributed by atoms with Crippen molar-refractivity contribution in [3.05, 3.63) is 23.6 Å². The molecule has 0 unspecified atom stereocenters. The van der Waals surface area contributed by atoms with Crippen LogP contribution in [-0.2, 0) is 4.74 Å². The van der Waals surface area contributed by atoms with Crippen molar-refractivity contribution in [2.24, 2.45) is 0 Å². The molecule has 0 aromatic heterocycles. The Hall–Kier alpha value is 0.466. The van der Waals surface area contributed by atoms with Crippen molar-refractivity contribution >= 4 is 0 Å². The maximum Gasteiger partial charge on any atom is 1.00 e. The summed E-state index contributed by atoms with van der Waals surface area (Å²) in [5, 5.41) is 10.2. The summed E-state index contributed by atoms with van der Waals surface area (Å²) in [7, 11) is 0. The standard InChI is InChI=1S/C5H7NO2.K/c1-3-8-5(7)4-6-2;/h4,7H,3H2,1H3;/q;+1/p-1/b5-4+;. The van der Waals surface area contributed by atoms with E-state index in [2.05, 4.69) is 9.58 Å². The minimum Gasteiger partial charge on any atom is -0.623 e. The first-order chi connectivity index (χ1) is 3.81. The van der Waals surface area contributed by atoms with E-state index in [0.29, 0.717) is 6.61 Å². The molecule has 3 nitrogen and oxygen atoms in total. The molecule has 44 valence electrons. The van der Waals surface area contributed by atoms with Crippen LogP contribution in [0.2, 0.25) is 0 Å². The summed E-state index contributed by atoms with van der Waals surface area (Å²) in [5.74, 6) is -0.567. The molecular weight excluding hydrogens is 145 g/mol. The van der Waals surface area contributed by atoms with Gasteiger partial charge in [0, 0.05) is 5.95 Å². The Labute approximate surface area is 96.9 Å². The third kappa shape index (κ3) is 8.47. The summed E-state index contributed by atoms with van der Waals surface area (Å²) in [6.45, 7) is 8.19. The van der Waals surface area contributed by atoms with Crippen LogP contribution in [0.1, 0.15) is 6.92 Å². The summed E-state index contributed by atoms with van der Waals surface area (Å²) in [6.07, 6.45) is 0.809. The number of nitrogens with zero attached hydrogens (tertiary/aromatic N) is 1. The predicted octanol–water partition coefficient (Wildman–Crippen LogP) is -2.89. The summed E-state index contributed by atoms with van der Waals surface area (Å²) in [4.78, 5) is 2.70.